The van der Waals surface area contributed by atoms with Crippen molar-refractivity contribution in [1.82, 2.24) is 4.90 Å². The topological polar surface area (TPSA) is 91.1 Å². The van der Waals surface area contributed by atoms with Crippen LogP contribution in [0.15, 0.2) is 48.5 Å². The molecule has 0 aromatic heterocycles. The summed E-state index contributed by atoms with van der Waals surface area (Å²) in [5.41, 5.74) is 4.84. The molecule has 29 heavy (non-hydrogen) atoms. The van der Waals surface area contributed by atoms with Crippen LogP contribution in [0, 0.1) is 5.82 Å². The minimum atomic E-state index is -1.08. The van der Waals surface area contributed by atoms with Crippen molar-refractivity contribution in [1.29, 1.82) is 0 Å². The lowest BCUT2D eigenvalue weighted by Crippen LogP contribution is -2.58. The summed E-state index contributed by atoms with van der Waals surface area (Å²) in [6.07, 6.45) is -0.111. The number of halogens is 1. The Bertz CT molecular complexity index is 856. The van der Waals surface area contributed by atoms with E-state index < -0.39 is 11.5 Å². The largest absolute Gasteiger partial charge is 0.497 e. The maximum atomic E-state index is 13.1. The van der Waals surface area contributed by atoms with Crippen LogP contribution in [0.2, 0.25) is 0 Å². The van der Waals surface area contributed by atoms with Gasteiger partial charge in [0.2, 0.25) is 5.91 Å². The predicted molar refractivity (Wildman–Crippen MR) is 103 cm³/mol. The van der Waals surface area contributed by atoms with Crippen LogP contribution in [0.4, 0.5) is 4.39 Å². The van der Waals surface area contributed by atoms with Gasteiger partial charge in [-0.05, 0) is 48.5 Å². The number of hydrogen-bond acceptors (Lipinski definition) is 5. The van der Waals surface area contributed by atoms with E-state index in [4.69, 9.17) is 19.9 Å². The zero-order valence-electron chi connectivity index (χ0n) is 16.1. The van der Waals surface area contributed by atoms with E-state index in [-0.39, 0.29) is 37.9 Å². The predicted octanol–water partition coefficient (Wildman–Crippen LogP) is 2.00. The molecule has 7 nitrogen and oxygen atoms in total. The SMILES string of the molecule is COc1ccc(C(=O)N2CCOC(COc3ccc(F)cc3)(CC(N)=O)C2)cc1. The molecule has 1 aliphatic rings. The Labute approximate surface area is 168 Å². The molecule has 0 aliphatic carbocycles. The monoisotopic (exact) mass is 402 g/mol. The lowest BCUT2D eigenvalue weighted by atomic mass is 9.97. The van der Waals surface area contributed by atoms with E-state index in [1.165, 1.54) is 24.3 Å². The molecule has 0 spiro atoms. The second kappa shape index (κ2) is 8.91. The number of methoxy groups -OCH3 is 1. The average Bonchev–Trinajstić information content (AvgIpc) is 2.72. The van der Waals surface area contributed by atoms with Gasteiger partial charge in [0.15, 0.2) is 0 Å². The fraction of sp³-hybridized carbons (Fsp3) is 0.333. The summed E-state index contributed by atoms with van der Waals surface area (Å²) < 4.78 is 29.8. The van der Waals surface area contributed by atoms with Crippen LogP contribution in [0.1, 0.15) is 16.8 Å². The molecule has 2 amide bonds. The van der Waals surface area contributed by atoms with Gasteiger partial charge in [-0.1, -0.05) is 0 Å². The van der Waals surface area contributed by atoms with Crippen molar-refractivity contribution < 1.29 is 28.2 Å². The van der Waals surface area contributed by atoms with Crippen LogP contribution in [-0.2, 0) is 9.53 Å². The molecule has 0 bridgehead atoms. The zero-order valence-corrected chi connectivity index (χ0v) is 16.1. The van der Waals surface area contributed by atoms with Crippen molar-refractivity contribution in [2.45, 2.75) is 12.0 Å². The Balaban J connectivity index is 1.74. The van der Waals surface area contributed by atoms with E-state index in [9.17, 15) is 14.0 Å². The molecule has 8 heteroatoms. The standard InChI is InChI=1S/C21H23FN2O5/c1-27-17-6-2-15(3-7-17)20(26)24-10-11-29-21(13-24,12-19(23)25)14-28-18-8-4-16(22)5-9-18/h2-9H,10-14H2,1H3,(H2,23,25). The van der Waals surface area contributed by atoms with Gasteiger partial charge in [-0.15, -0.1) is 0 Å². The van der Waals surface area contributed by atoms with E-state index in [1.807, 2.05) is 0 Å². The van der Waals surface area contributed by atoms with E-state index in [0.29, 0.717) is 23.6 Å². The molecule has 154 valence electrons. The number of morpholine rings is 1. The van der Waals surface area contributed by atoms with Gasteiger partial charge in [-0.3, -0.25) is 9.59 Å². The fourth-order valence-corrected chi connectivity index (χ4v) is 3.24. The number of carbonyl (C=O) groups excluding carboxylic acids is 2. The normalized spacial score (nSPS) is 18.9. The molecule has 1 unspecified atom stereocenters. The minimum absolute atomic E-state index is 0.00599. The molecule has 1 saturated heterocycles. The number of nitrogens with two attached hydrogens (primary N) is 1. The van der Waals surface area contributed by atoms with Crippen LogP contribution < -0.4 is 15.2 Å². The first-order valence-electron chi connectivity index (χ1n) is 9.15. The number of carbonyl (C=O) groups is 2. The van der Waals surface area contributed by atoms with Crippen molar-refractivity contribution in [2.24, 2.45) is 5.73 Å². The highest BCUT2D eigenvalue weighted by atomic mass is 19.1. The Hall–Kier alpha value is -3.13. The summed E-state index contributed by atoms with van der Waals surface area (Å²) in [7, 11) is 1.55. The van der Waals surface area contributed by atoms with Crippen LogP contribution in [0.25, 0.3) is 0 Å². The zero-order chi connectivity index (χ0) is 20.9. The lowest BCUT2D eigenvalue weighted by Gasteiger charge is -2.42. The van der Waals surface area contributed by atoms with Gasteiger partial charge < -0.3 is 24.8 Å². The Morgan fingerprint density at radius 1 is 1.14 bits per heavy atom. The Morgan fingerprint density at radius 3 is 2.41 bits per heavy atom. The Morgan fingerprint density at radius 2 is 1.79 bits per heavy atom. The molecule has 1 fully saturated rings. The van der Waals surface area contributed by atoms with Gasteiger partial charge in [0.25, 0.3) is 5.91 Å². The molecule has 0 radical (unpaired) electrons. The molecule has 0 saturated carbocycles. The van der Waals surface area contributed by atoms with Crippen LogP contribution >= 0.6 is 0 Å². The summed E-state index contributed by atoms with van der Waals surface area (Å²) in [5, 5.41) is 0. The van der Waals surface area contributed by atoms with Gasteiger partial charge in [-0.25, -0.2) is 4.39 Å². The second-order valence-corrected chi connectivity index (χ2v) is 6.87. The van der Waals surface area contributed by atoms with E-state index in [2.05, 4.69) is 0 Å². The van der Waals surface area contributed by atoms with Gasteiger partial charge in [0, 0.05) is 12.1 Å². The van der Waals surface area contributed by atoms with E-state index >= 15 is 0 Å². The van der Waals surface area contributed by atoms with Crippen molar-refractivity contribution in [3.63, 3.8) is 0 Å². The quantitative estimate of drug-likeness (QED) is 0.765. The molecule has 1 atom stereocenters. The van der Waals surface area contributed by atoms with E-state index in [0.717, 1.165) is 0 Å². The van der Waals surface area contributed by atoms with E-state index in [1.54, 1.807) is 36.3 Å². The van der Waals surface area contributed by atoms with Crippen LogP contribution in [-0.4, -0.2) is 55.7 Å². The number of amides is 2. The number of ether oxygens (including phenoxy) is 3. The third-order valence-electron chi connectivity index (χ3n) is 4.68. The summed E-state index contributed by atoms with van der Waals surface area (Å²) in [5.74, 6) is -0.0517. The first kappa shape index (κ1) is 20.6. The first-order chi connectivity index (χ1) is 13.9. The van der Waals surface area contributed by atoms with Crippen molar-refractivity contribution in [2.75, 3.05) is 33.4 Å². The summed E-state index contributed by atoms with van der Waals surface area (Å²) in [6.45, 7) is 0.750. The second-order valence-electron chi connectivity index (χ2n) is 6.87. The number of benzene rings is 2. The maximum Gasteiger partial charge on any atom is 0.254 e. The molecule has 1 aliphatic heterocycles. The smallest absolute Gasteiger partial charge is 0.254 e. The number of hydrogen-bond donors (Lipinski definition) is 1. The third kappa shape index (κ3) is 5.23. The fourth-order valence-electron chi connectivity index (χ4n) is 3.24. The maximum absolute atomic E-state index is 13.1. The van der Waals surface area contributed by atoms with Crippen LogP contribution in [0.3, 0.4) is 0 Å². The van der Waals surface area contributed by atoms with Crippen LogP contribution in [0.5, 0.6) is 11.5 Å². The minimum Gasteiger partial charge on any atom is -0.497 e. The van der Waals surface area contributed by atoms with Gasteiger partial charge in [-0.2, -0.15) is 0 Å². The summed E-state index contributed by atoms with van der Waals surface area (Å²) >= 11 is 0. The Kier molecular flexibility index (Phi) is 6.33. The number of rotatable bonds is 7. The van der Waals surface area contributed by atoms with Crippen molar-refractivity contribution in [3.8, 4) is 11.5 Å². The number of nitrogens with zero attached hydrogens (tertiary/aromatic N) is 1. The molecule has 1 heterocycles. The van der Waals surface area contributed by atoms with Gasteiger partial charge >= 0.3 is 0 Å². The highest BCUT2D eigenvalue weighted by Gasteiger charge is 2.41. The average molecular weight is 402 g/mol. The molecule has 2 N–H and O–H groups in total. The highest BCUT2D eigenvalue weighted by molar-refractivity contribution is 5.94. The lowest BCUT2D eigenvalue weighted by molar-refractivity contribution is -0.142. The third-order valence-corrected chi connectivity index (χ3v) is 4.68. The molecule has 2 aromatic carbocycles. The first-order valence-corrected chi connectivity index (χ1v) is 9.15. The van der Waals surface area contributed by atoms with Crippen molar-refractivity contribution in [3.05, 3.63) is 59.9 Å². The molecule has 3 rings (SSSR count). The molecular weight excluding hydrogens is 379 g/mol. The summed E-state index contributed by atoms with van der Waals surface area (Å²) in [6, 6.07) is 12.3. The summed E-state index contributed by atoms with van der Waals surface area (Å²) in [4.78, 5) is 26.2. The van der Waals surface area contributed by atoms with Gasteiger partial charge in [0.05, 0.1) is 26.7 Å². The highest BCUT2D eigenvalue weighted by Crippen LogP contribution is 2.26. The molecule has 2 aromatic rings. The van der Waals surface area contributed by atoms with Gasteiger partial charge in [0.1, 0.15) is 29.5 Å². The molecular formula is C21H23FN2O5. The van der Waals surface area contributed by atoms with Crippen molar-refractivity contribution >= 4 is 11.8 Å². The number of primary amides is 1.